The van der Waals surface area contributed by atoms with Crippen LogP contribution < -0.4 is 5.32 Å². The van der Waals surface area contributed by atoms with Gasteiger partial charge in [0.25, 0.3) is 0 Å². The maximum absolute atomic E-state index is 12.0. The van der Waals surface area contributed by atoms with Crippen LogP contribution in [0.25, 0.3) is 22.3 Å². The number of carbonyl (C=O) groups is 1. The van der Waals surface area contributed by atoms with E-state index in [2.05, 4.69) is 60.4 Å². The number of anilines is 1. The molecular formula is C27H23NO2S. The smallest absolute Gasteiger partial charge is 0.337 e. The van der Waals surface area contributed by atoms with Crippen molar-refractivity contribution in [2.24, 2.45) is 0 Å². The van der Waals surface area contributed by atoms with Gasteiger partial charge in [0.2, 0.25) is 0 Å². The molecule has 0 aliphatic carbocycles. The second kappa shape index (κ2) is 9.54. The molecular weight excluding hydrogens is 402 g/mol. The zero-order chi connectivity index (χ0) is 21.6. The highest BCUT2D eigenvalue weighted by molar-refractivity contribution is 7.80. The normalized spacial score (nSPS) is 10.5. The van der Waals surface area contributed by atoms with Crippen LogP contribution in [0, 0.1) is 0 Å². The second-order valence-electron chi connectivity index (χ2n) is 7.22. The van der Waals surface area contributed by atoms with Gasteiger partial charge in [-0.15, -0.1) is 12.6 Å². The third-order valence-electron chi connectivity index (χ3n) is 5.11. The molecule has 0 amide bonds. The number of carbonyl (C=O) groups excluding carboxylic acids is 1. The predicted molar refractivity (Wildman–Crippen MR) is 130 cm³/mol. The summed E-state index contributed by atoms with van der Waals surface area (Å²) < 4.78 is 4.89. The molecule has 154 valence electrons. The summed E-state index contributed by atoms with van der Waals surface area (Å²) in [5, 5.41) is 3.51. The van der Waals surface area contributed by atoms with E-state index in [1.165, 1.54) is 12.7 Å². The summed E-state index contributed by atoms with van der Waals surface area (Å²) in [6.07, 6.45) is 0. The van der Waals surface area contributed by atoms with E-state index in [9.17, 15) is 4.79 Å². The van der Waals surface area contributed by atoms with Gasteiger partial charge in [-0.3, -0.25) is 0 Å². The molecule has 31 heavy (non-hydrogen) atoms. The molecule has 0 saturated heterocycles. The Balaban J connectivity index is 1.71. The van der Waals surface area contributed by atoms with Gasteiger partial charge in [-0.25, -0.2) is 4.79 Å². The van der Waals surface area contributed by atoms with Crippen LogP contribution in [0.1, 0.15) is 15.9 Å². The molecule has 0 unspecified atom stereocenters. The van der Waals surface area contributed by atoms with Gasteiger partial charge in [-0.05, 0) is 64.2 Å². The molecule has 0 saturated carbocycles. The van der Waals surface area contributed by atoms with Crippen molar-refractivity contribution in [3.05, 3.63) is 108 Å². The number of methoxy groups -OCH3 is 1. The molecule has 0 aromatic heterocycles. The summed E-state index contributed by atoms with van der Waals surface area (Å²) in [6, 6.07) is 32.2. The Labute approximate surface area is 188 Å². The Morgan fingerprint density at radius 2 is 1.58 bits per heavy atom. The SMILES string of the molecule is COC(=O)c1cccc(-c2ccc(NCc3cccc(S)c3)cc2-c2ccccc2)c1. The van der Waals surface area contributed by atoms with E-state index in [4.69, 9.17) is 4.74 Å². The predicted octanol–water partition coefficient (Wildman–Crippen LogP) is 6.71. The van der Waals surface area contributed by atoms with Crippen LogP contribution in [-0.2, 0) is 11.3 Å². The van der Waals surface area contributed by atoms with Gasteiger partial charge < -0.3 is 10.1 Å². The average molecular weight is 426 g/mol. The number of nitrogens with one attached hydrogen (secondary N) is 1. The third kappa shape index (κ3) is 4.98. The first-order valence-corrected chi connectivity index (χ1v) is 10.5. The lowest BCUT2D eigenvalue weighted by atomic mass is 9.93. The molecule has 0 aliphatic rings. The molecule has 0 fully saturated rings. The lowest BCUT2D eigenvalue weighted by molar-refractivity contribution is 0.0601. The minimum atomic E-state index is -0.340. The van der Waals surface area contributed by atoms with Crippen LogP contribution in [0.2, 0.25) is 0 Å². The Morgan fingerprint density at radius 1 is 0.806 bits per heavy atom. The number of esters is 1. The summed E-state index contributed by atoms with van der Waals surface area (Å²) in [7, 11) is 1.40. The summed E-state index contributed by atoms with van der Waals surface area (Å²) >= 11 is 4.42. The molecule has 3 nitrogen and oxygen atoms in total. The number of ether oxygens (including phenoxy) is 1. The van der Waals surface area contributed by atoms with Gasteiger partial charge in [0.05, 0.1) is 12.7 Å². The third-order valence-corrected chi connectivity index (χ3v) is 5.38. The van der Waals surface area contributed by atoms with Crippen LogP contribution in [0.5, 0.6) is 0 Å². The van der Waals surface area contributed by atoms with Crippen LogP contribution in [0.3, 0.4) is 0 Å². The molecule has 1 N–H and O–H groups in total. The molecule has 0 spiro atoms. The number of benzene rings is 4. The molecule has 0 atom stereocenters. The van der Waals surface area contributed by atoms with Crippen molar-refractivity contribution >= 4 is 24.3 Å². The Morgan fingerprint density at radius 3 is 2.35 bits per heavy atom. The fourth-order valence-electron chi connectivity index (χ4n) is 3.56. The Bertz CT molecular complexity index is 1200. The topological polar surface area (TPSA) is 38.3 Å². The van der Waals surface area contributed by atoms with Gasteiger partial charge in [-0.1, -0.05) is 60.7 Å². The highest BCUT2D eigenvalue weighted by atomic mass is 32.1. The number of thiol groups is 1. The molecule has 4 heteroatoms. The molecule has 0 radical (unpaired) electrons. The maximum Gasteiger partial charge on any atom is 0.337 e. The number of rotatable bonds is 6. The minimum absolute atomic E-state index is 0.340. The summed E-state index contributed by atoms with van der Waals surface area (Å²) in [5.74, 6) is -0.340. The fraction of sp³-hybridized carbons (Fsp3) is 0.0741. The largest absolute Gasteiger partial charge is 0.465 e. The van der Waals surface area contributed by atoms with E-state index in [0.29, 0.717) is 12.1 Å². The highest BCUT2D eigenvalue weighted by Crippen LogP contribution is 2.35. The van der Waals surface area contributed by atoms with E-state index < -0.39 is 0 Å². The van der Waals surface area contributed by atoms with Crippen LogP contribution >= 0.6 is 12.6 Å². The van der Waals surface area contributed by atoms with Crippen LogP contribution in [0.15, 0.2) is 102 Å². The zero-order valence-electron chi connectivity index (χ0n) is 17.2. The quantitative estimate of drug-likeness (QED) is 0.266. The molecule has 4 rings (SSSR count). The van der Waals surface area contributed by atoms with Crippen molar-refractivity contribution in [3.63, 3.8) is 0 Å². The molecule has 4 aromatic carbocycles. The van der Waals surface area contributed by atoms with Crippen molar-refractivity contribution < 1.29 is 9.53 Å². The van der Waals surface area contributed by atoms with Crippen molar-refractivity contribution in [2.45, 2.75) is 11.4 Å². The van der Waals surface area contributed by atoms with Gasteiger partial charge in [-0.2, -0.15) is 0 Å². The molecule has 0 heterocycles. The fourth-order valence-corrected chi connectivity index (χ4v) is 3.82. The van der Waals surface area contributed by atoms with Gasteiger partial charge in [0, 0.05) is 17.1 Å². The standard InChI is InChI=1S/C27H23NO2S/c1-30-27(29)22-11-6-10-21(16-22)25-14-13-23(17-26(25)20-8-3-2-4-9-20)28-18-19-7-5-12-24(31)15-19/h2-17,28,31H,18H2,1H3. The van der Waals surface area contributed by atoms with Gasteiger partial charge in [0.1, 0.15) is 0 Å². The van der Waals surface area contributed by atoms with Crippen molar-refractivity contribution in [2.75, 3.05) is 12.4 Å². The van der Waals surface area contributed by atoms with Crippen LogP contribution in [-0.4, -0.2) is 13.1 Å². The number of hydrogen-bond donors (Lipinski definition) is 2. The van der Waals surface area contributed by atoms with E-state index in [1.807, 2.05) is 48.5 Å². The second-order valence-corrected chi connectivity index (χ2v) is 7.74. The lowest BCUT2D eigenvalue weighted by Gasteiger charge is -2.15. The van der Waals surface area contributed by atoms with Crippen molar-refractivity contribution in [3.8, 4) is 22.3 Å². The molecule has 0 bridgehead atoms. The molecule has 4 aromatic rings. The highest BCUT2D eigenvalue weighted by Gasteiger charge is 2.12. The van der Waals surface area contributed by atoms with E-state index >= 15 is 0 Å². The summed E-state index contributed by atoms with van der Waals surface area (Å²) in [4.78, 5) is 13.0. The first-order chi connectivity index (χ1) is 15.1. The van der Waals surface area contributed by atoms with Gasteiger partial charge >= 0.3 is 5.97 Å². The maximum atomic E-state index is 12.0. The van der Waals surface area contributed by atoms with Crippen molar-refractivity contribution in [1.82, 2.24) is 0 Å². The Hall–Kier alpha value is -3.50. The Kier molecular flexibility index (Phi) is 6.39. The van der Waals surface area contributed by atoms with Gasteiger partial charge in [0.15, 0.2) is 0 Å². The van der Waals surface area contributed by atoms with E-state index in [-0.39, 0.29) is 5.97 Å². The lowest BCUT2D eigenvalue weighted by Crippen LogP contribution is -2.01. The molecule has 0 aliphatic heterocycles. The first kappa shape index (κ1) is 20.8. The van der Waals surface area contributed by atoms with E-state index in [0.717, 1.165) is 32.8 Å². The minimum Gasteiger partial charge on any atom is -0.465 e. The summed E-state index contributed by atoms with van der Waals surface area (Å²) in [6.45, 7) is 0.708. The number of hydrogen-bond acceptors (Lipinski definition) is 4. The van der Waals surface area contributed by atoms with Crippen LogP contribution in [0.4, 0.5) is 5.69 Å². The average Bonchev–Trinajstić information content (AvgIpc) is 2.83. The monoisotopic (exact) mass is 425 g/mol. The van der Waals surface area contributed by atoms with Crippen molar-refractivity contribution in [1.29, 1.82) is 0 Å². The van der Waals surface area contributed by atoms with E-state index in [1.54, 1.807) is 6.07 Å². The first-order valence-electron chi connectivity index (χ1n) is 10.0. The summed E-state index contributed by atoms with van der Waals surface area (Å²) in [5.41, 5.74) is 6.96. The zero-order valence-corrected chi connectivity index (χ0v) is 18.1.